The summed E-state index contributed by atoms with van der Waals surface area (Å²) in [5.41, 5.74) is 2.06. The summed E-state index contributed by atoms with van der Waals surface area (Å²) in [6.45, 7) is 0.215. The SMILES string of the molecule is COc1ccc(C=O)cc1[C@H](SC)C(=O)OCc1ccccc1. The highest BCUT2D eigenvalue weighted by Gasteiger charge is 2.25. The van der Waals surface area contributed by atoms with Crippen molar-refractivity contribution in [3.63, 3.8) is 0 Å². The van der Waals surface area contributed by atoms with Crippen molar-refractivity contribution in [3.8, 4) is 5.75 Å². The van der Waals surface area contributed by atoms with Gasteiger partial charge in [-0.3, -0.25) is 9.59 Å². The Kier molecular flexibility index (Phi) is 6.23. The van der Waals surface area contributed by atoms with Crippen LogP contribution in [0.4, 0.5) is 0 Å². The van der Waals surface area contributed by atoms with E-state index in [1.807, 2.05) is 36.6 Å². The van der Waals surface area contributed by atoms with Crippen LogP contribution in [0.3, 0.4) is 0 Å². The molecule has 0 unspecified atom stereocenters. The molecule has 1 atom stereocenters. The van der Waals surface area contributed by atoms with Crippen LogP contribution in [-0.4, -0.2) is 25.6 Å². The van der Waals surface area contributed by atoms with E-state index in [1.165, 1.54) is 18.9 Å². The molecule has 5 heteroatoms. The van der Waals surface area contributed by atoms with E-state index in [0.717, 1.165) is 11.8 Å². The number of esters is 1. The number of carbonyl (C=O) groups excluding carboxylic acids is 2. The summed E-state index contributed by atoms with van der Waals surface area (Å²) in [6.07, 6.45) is 2.57. The third-order valence-electron chi connectivity index (χ3n) is 3.35. The number of hydrogen-bond donors (Lipinski definition) is 0. The number of ether oxygens (including phenoxy) is 2. The average molecular weight is 330 g/mol. The van der Waals surface area contributed by atoms with Crippen molar-refractivity contribution in [3.05, 3.63) is 65.2 Å². The highest BCUT2D eigenvalue weighted by molar-refractivity contribution is 7.99. The summed E-state index contributed by atoms with van der Waals surface area (Å²) in [4.78, 5) is 23.4. The third kappa shape index (κ3) is 4.36. The molecule has 0 bridgehead atoms. The minimum absolute atomic E-state index is 0.215. The molecule has 4 nitrogen and oxygen atoms in total. The average Bonchev–Trinajstić information content (AvgIpc) is 2.61. The van der Waals surface area contributed by atoms with Crippen molar-refractivity contribution >= 4 is 24.0 Å². The second kappa shape index (κ2) is 8.39. The molecule has 0 aliphatic heterocycles. The maximum Gasteiger partial charge on any atom is 0.324 e. The van der Waals surface area contributed by atoms with Gasteiger partial charge in [0.2, 0.25) is 0 Å². The molecule has 0 radical (unpaired) electrons. The minimum Gasteiger partial charge on any atom is -0.496 e. The first-order chi connectivity index (χ1) is 11.2. The van der Waals surface area contributed by atoms with Crippen LogP contribution in [0.5, 0.6) is 5.75 Å². The van der Waals surface area contributed by atoms with Crippen LogP contribution in [0.1, 0.15) is 26.7 Å². The number of benzene rings is 2. The van der Waals surface area contributed by atoms with Gasteiger partial charge in [-0.15, -0.1) is 11.8 Å². The zero-order chi connectivity index (χ0) is 16.7. The molecule has 0 aliphatic rings. The van der Waals surface area contributed by atoms with Crippen LogP contribution in [0.2, 0.25) is 0 Å². The van der Waals surface area contributed by atoms with Gasteiger partial charge in [0.05, 0.1) is 7.11 Å². The van der Waals surface area contributed by atoms with Crippen LogP contribution in [0, 0.1) is 0 Å². The number of rotatable bonds is 7. The summed E-state index contributed by atoms with van der Waals surface area (Å²) in [7, 11) is 1.53. The second-order valence-corrected chi connectivity index (χ2v) is 5.77. The number of aldehydes is 1. The van der Waals surface area contributed by atoms with Crippen molar-refractivity contribution in [2.45, 2.75) is 11.9 Å². The van der Waals surface area contributed by atoms with Gasteiger partial charge in [0.1, 0.15) is 23.9 Å². The largest absolute Gasteiger partial charge is 0.496 e. The van der Waals surface area contributed by atoms with Crippen LogP contribution in [0.25, 0.3) is 0 Å². The molecule has 0 N–H and O–H groups in total. The molecule has 0 spiro atoms. The fourth-order valence-corrected chi connectivity index (χ4v) is 2.88. The number of thioether (sulfide) groups is 1. The van der Waals surface area contributed by atoms with Gasteiger partial charge in [0.15, 0.2) is 0 Å². The predicted octanol–water partition coefficient (Wildman–Crippen LogP) is 3.66. The van der Waals surface area contributed by atoms with Gasteiger partial charge in [-0.05, 0) is 30.0 Å². The van der Waals surface area contributed by atoms with Crippen molar-refractivity contribution in [2.24, 2.45) is 0 Å². The van der Waals surface area contributed by atoms with Crippen molar-refractivity contribution < 1.29 is 19.1 Å². The minimum atomic E-state index is -0.548. The molecule has 0 amide bonds. The summed E-state index contributed by atoms with van der Waals surface area (Å²) in [5, 5.41) is -0.548. The molecule has 0 fully saturated rings. The van der Waals surface area contributed by atoms with E-state index in [-0.39, 0.29) is 12.6 Å². The Balaban J connectivity index is 2.18. The zero-order valence-corrected chi connectivity index (χ0v) is 13.8. The third-order valence-corrected chi connectivity index (χ3v) is 4.26. The van der Waals surface area contributed by atoms with Crippen molar-refractivity contribution in [1.82, 2.24) is 0 Å². The lowest BCUT2D eigenvalue weighted by Gasteiger charge is -2.17. The summed E-state index contributed by atoms with van der Waals surface area (Å²) in [6, 6.07) is 14.5. The molecule has 120 valence electrons. The molecule has 0 saturated carbocycles. The lowest BCUT2D eigenvalue weighted by atomic mass is 10.1. The van der Waals surface area contributed by atoms with Crippen molar-refractivity contribution in [1.29, 1.82) is 0 Å². The zero-order valence-electron chi connectivity index (χ0n) is 13.0. The van der Waals surface area contributed by atoms with Crippen LogP contribution < -0.4 is 4.74 Å². The van der Waals surface area contributed by atoms with E-state index in [0.29, 0.717) is 16.9 Å². The molecular weight excluding hydrogens is 312 g/mol. The second-order valence-electron chi connectivity index (χ2n) is 4.83. The van der Waals surface area contributed by atoms with Gasteiger partial charge in [0.25, 0.3) is 0 Å². The van der Waals surface area contributed by atoms with Gasteiger partial charge in [-0.25, -0.2) is 0 Å². The maximum atomic E-state index is 12.4. The van der Waals surface area contributed by atoms with Crippen LogP contribution in [0.15, 0.2) is 48.5 Å². The predicted molar refractivity (Wildman–Crippen MR) is 90.9 cm³/mol. The standard InChI is InChI=1S/C18H18O4S/c1-21-16-9-8-14(11-19)10-15(16)17(23-2)18(20)22-12-13-6-4-3-5-7-13/h3-11,17H,12H2,1-2H3/t17-/m0/s1. The monoisotopic (exact) mass is 330 g/mol. The highest BCUT2D eigenvalue weighted by atomic mass is 32.2. The molecular formula is C18H18O4S. The first-order valence-corrected chi connectivity index (χ1v) is 8.35. The Morgan fingerprint density at radius 1 is 1.22 bits per heavy atom. The number of methoxy groups -OCH3 is 1. The molecule has 2 aromatic rings. The first kappa shape index (κ1) is 17.1. The Hall–Kier alpha value is -2.27. The van der Waals surface area contributed by atoms with E-state index >= 15 is 0 Å². The van der Waals surface area contributed by atoms with E-state index < -0.39 is 5.25 Å². The van der Waals surface area contributed by atoms with E-state index in [1.54, 1.807) is 18.2 Å². The van der Waals surface area contributed by atoms with Gasteiger partial charge >= 0.3 is 5.97 Å². The van der Waals surface area contributed by atoms with E-state index in [9.17, 15) is 9.59 Å². The molecule has 0 saturated heterocycles. The molecule has 0 heterocycles. The van der Waals surface area contributed by atoms with Gasteiger partial charge in [0, 0.05) is 11.1 Å². The van der Waals surface area contributed by atoms with Gasteiger partial charge < -0.3 is 9.47 Å². The first-order valence-electron chi connectivity index (χ1n) is 7.06. The van der Waals surface area contributed by atoms with Crippen LogP contribution >= 0.6 is 11.8 Å². The van der Waals surface area contributed by atoms with Gasteiger partial charge in [-0.2, -0.15) is 0 Å². The normalized spacial score (nSPS) is 11.6. The van der Waals surface area contributed by atoms with Crippen LogP contribution in [-0.2, 0) is 16.1 Å². The number of carbonyl (C=O) groups is 2. The van der Waals surface area contributed by atoms with E-state index in [2.05, 4.69) is 0 Å². The molecule has 0 aliphatic carbocycles. The van der Waals surface area contributed by atoms with E-state index in [4.69, 9.17) is 9.47 Å². The summed E-state index contributed by atoms with van der Waals surface area (Å²) in [5.74, 6) is 0.203. The van der Waals surface area contributed by atoms with Crippen molar-refractivity contribution in [2.75, 3.05) is 13.4 Å². The Bertz CT molecular complexity index is 670. The fourth-order valence-electron chi connectivity index (χ4n) is 2.19. The molecule has 2 rings (SSSR count). The lowest BCUT2D eigenvalue weighted by molar-refractivity contribution is -0.144. The summed E-state index contributed by atoms with van der Waals surface area (Å²) >= 11 is 1.34. The molecule has 0 aromatic heterocycles. The molecule has 2 aromatic carbocycles. The topological polar surface area (TPSA) is 52.6 Å². The maximum absolute atomic E-state index is 12.4. The Morgan fingerprint density at radius 2 is 1.96 bits per heavy atom. The highest BCUT2D eigenvalue weighted by Crippen LogP contribution is 2.35. The Morgan fingerprint density at radius 3 is 2.57 bits per heavy atom. The summed E-state index contributed by atoms with van der Waals surface area (Å²) < 4.78 is 10.7. The molecule has 23 heavy (non-hydrogen) atoms. The Labute approximate surface area is 139 Å². The van der Waals surface area contributed by atoms with Gasteiger partial charge in [-0.1, -0.05) is 30.3 Å². The smallest absolute Gasteiger partial charge is 0.324 e. The lowest BCUT2D eigenvalue weighted by Crippen LogP contribution is -2.14. The number of hydrogen-bond acceptors (Lipinski definition) is 5. The quantitative estimate of drug-likeness (QED) is 0.573. The fraction of sp³-hybridized carbons (Fsp3) is 0.222.